The van der Waals surface area contributed by atoms with Crippen molar-refractivity contribution in [1.29, 1.82) is 0 Å². The predicted molar refractivity (Wildman–Crippen MR) is 64.6 cm³/mol. The molecule has 0 saturated heterocycles. The number of halogens is 1. The van der Waals surface area contributed by atoms with Gasteiger partial charge in [0.05, 0.1) is 15.7 Å². The molecule has 2 aromatic heterocycles. The summed E-state index contributed by atoms with van der Waals surface area (Å²) < 4.78 is 0.781. The van der Waals surface area contributed by atoms with E-state index in [0.717, 1.165) is 22.3 Å². The molecule has 0 saturated carbocycles. The maximum Gasteiger partial charge on any atom is 0.181 e. The Morgan fingerprint density at radius 1 is 1.47 bits per heavy atom. The van der Waals surface area contributed by atoms with Crippen LogP contribution in [-0.4, -0.2) is 15.0 Å². The monoisotopic (exact) mass is 284 g/mol. The number of aromatic nitrogens is 3. The van der Waals surface area contributed by atoms with Crippen LogP contribution < -0.4 is 5.73 Å². The third-order valence-corrected chi connectivity index (χ3v) is 3.39. The molecule has 0 radical (unpaired) electrons. The van der Waals surface area contributed by atoms with Gasteiger partial charge in [0.1, 0.15) is 11.5 Å². The van der Waals surface area contributed by atoms with Crippen LogP contribution in [-0.2, 0) is 6.42 Å². The second-order valence-electron chi connectivity index (χ2n) is 2.92. The molecule has 0 aliphatic heterocycles. The van der Waals surface area contributed by atoms with Gasteiger partial charge in [0.25, 0.3) is 0 Å². The normalized spacial score (nSPS) is 10.5. The molecule has 0 bridgehead atoms. The van der Waals surface area contributed by atoms with Crippen molar-refractivity contribution in [3.05, 3.63) is 21.1 Å². The molecule has 4 nitrogen and oxygen atoms in total. The van der Waals surface area contributed by atoms with Gasteiger partial charge in [-0.25, -0.2) is 15.0 Å². The Labute approximate surface area is 99.7 Å². The summed E-state index contributed by atoms with van der Waals surface area (Å²) in [7, 11) is 0. The Hall–Kier alpha value is -1.01. The highest BCUT2D eigenvalue weighted by atomic mass is 79.9. The summed E-state index contributed by atoms with van der Waals surface area (Å²) in [6.07, 6.45) is 0.810. The van der Waals surface area contributed by atoms with Crippen LogP contribution >= 0.6 is 27.3 Å². The fraction of sp³-hybridized carbons (Fsp3) is 0.222. The molecule has 0 fully saturated rings. The lowest BCUT2D eigenvalue weighted by atomic mass is 10.3. The molecule has 0 atom stereocenters. The van der Waals surface area contributed by atoms with Crippen molar-refractivity contribution in [3.63, 3.8) is 0 Å². The first kappa shape index (κ1) is 10.5. The van der Waals surface area contributed by atoms with E-state index in [9.17, 15) is 0 Å². The lowest BCUT2D eigenvalue weighted by Crippen LogP contribution is -2.02. The Bertz CT molecular complexity index is 469. The summed E-state index contributed by atoms with van der Waals surface area (Å²) in [5.41, 5.74) is 9.21. The quantitative estimate of drug-likeness (QED) is 0.920. The molecular weight excluding hydrogens is 276 g/mol. The first-order valence-electron chi connectivity index (χ1n) is 4.42. The van der Waals surface area contributed by atoms with E-state index in [0.29, 0.717) is 11.6 Å². The van der Waals surface area contributed by atoms with Crippen molar-refractivity contribution < 1.29 is 0 Å². The Morgan fingerprint density at radius 2 is 2.27 bits per heavy atom. The minimum absolute atomic E-state index is 0.463. The summed E-state index contributed by atoms with van der Waals surface area (Å²) in [5.74, 6) is 1.05. The lowest BCUT2D eigenvalue weighted by Gasteiger charge is -2.05. The molecule has 0 amide bonds. The highest BCUT2D eigenvalue weighted by Crippen LogP contribution is 2.25. The SMILES string of the molecule is CCc1nc(-c2cscn2)nc(N)c1Br. The minimum atomic E-state index is 0.463. The number of hydrogen-bond acceptors (Lipinski definition) is 5. The summed E-state index contributed by atoms with van der Waals surface area (Å²) in [6, 6.07) is 0. The lowest BCUT2D eigenvalue weighted by molar-refractivity contribution is 0.991. The third-order valence-electron chi connectivity index (χ3n) is 1.94. The maximum atomic E-state index is 5.78. The molecule has 6 heteroatoms. The summed E-state index contributed by atoms with van der Waals surface area (Å²) in [6.45, 7) is 2.03. The molecule has 15 heavy (non-hydrogen) atoms. The van der Waals surface area contributed by atoms with Gasteiger partial charge >= 0.3 is 0 Å². The fourth-order valence-electron chi connectivity index (χ4n) is 1.18. The Balaban J connectivity index is 2.55. The smallest absolute Gasteiger partial charge is 0.181 e. The van der Waals surface area contributed by atoms with Crippen LogP contribution in [0.25, 0.3) is 11.5 Å². The molecule has 2 N–H and O–H groups in total. The van der Waals surface area contributed by atoms with Gasteiger partial charge in [-0.3, -0.25) is 0 Å². The number of anilines is 1. The molecule has 0 spiro atoms. The van der Waals surface area contributed by atoms with E-state index in [1.54, 1.807) is 5.51 Å². The van der Waals surface area contributed by atoms with E-state index in [1.807, 2.05) is 12.3 Å². The van der Waals surface area contributed by atoms with E-state index < -0.39 is 0 Å². The second-order valence-corrected chi connectivity index (χ2v) is 4.43. The van der Waals surface area contributed by atoms with Crippen molar-refractivity contribution in [2.24, 2.45) is 0 Å². The Morgan fingerprint density at radius 3 is 2.87 bits per heavy atom. The first-order valence-corrected chi connectivity index (χ1v) is 6.16. The first-order chi connectivity index (χ1) is 7.22. The van der Waals surface area contributed by atoms with Gasteiger partial charge in [-0.15, -0.1) is 11.3 Å². The number of nitrogens with zero attached hydrogens (tertiary/aromatic N) is 3. The van der Waals surface area contributed by atoms with Crippen LogP contribution in [0.3, 0.4) is 0 Å². The van der Waals surface area contributed by atoms with Gasteiger partial charge in [0.2, 0.25) is 0 Å². The van der Waals surface area contributed by atoms with Crippen LogP contribution in [0, 0.1) is 0 Å². The van der Waals surface area contributed by atoms with Crippen LogP contribution in [0.5, 0.6) is 0 Å². The zero-order valence-corrected chi connectivity index (χ0v) is 10.5. The largest absolute Gasteiger partial charge is 0.383 e. The van der Waals surface area contributed by atoms with Crippen molar-refractivity contribution in [3.8, 4) is 11.5 Å². The Kier molecular flexibility index (Phi) is 2.97. The van der Waals surface area contributed by atoms with E-state index in [-0.39, 0.29) is 0 Å². The number of nitrogens with two attached hydrogens (primary N) is 1. The van der Waals surface area contributed by atoms with Crippen LogP contribution in [0.1, 0.15) is 12.6 Å². The maximum absolute atomic E-state index is 5.78. The second kappa shape index (κ2) is 4.24. The molecule has 0 aromatic carbocycles. The van der Waals surface area contributed by atoms with Gasteiger partial charge in [-0.05, 0) is 22.4 Å². The molecule has 0 unspecified atom stereocenters. The van der Waals surface area contributed by atoms with Gasteiger partial charge in [0.15, 0.2) is 5.82 Å². The molecule has 2 rings (SSSR count). The zero-order valence-electron chi connectivity index (χ0n) is 8.07. The fourth-order valence-corrected chi connectivity index (χ4v) is 2.17. The van der Waals surface area contributed by atoms with Crippen LogP contribution in [0.4, 0.5) is 5.82 Å². The molecule has 78 valence electrons. The van der Waals surface area contributed by atoms with Crippen molar-refractivity contribution in [1.82, 2.24) is 15.0 Å². The highest BCUT2D eigenvalue weighted by molar-refractivity contribution is 9.10. The van der Waals surface area contributed by atoms with Gasteiger partial charge in [0, 0.05) is 5.38 Å². The number of aryl methyl sites for hydroxylation is 1. The number of hydrogen-bond donors (Lipinski definition) is 1. The molecule has 0 aliphatic carbocycles. The minimum Gasteiger partial charge on any atom is -0.383 e. The van der Waals surface area contributed by atoms with E-state index in [1.165, 1.54) is 11.3 Å². The number of rotatable bonds is 2. The molecular formula is C9H9BrN4S. The van der Waals surface area contributed by atoms with Gasteiger partial charge in [-0.2, -0.15) is 0 Å². The van der Waals surface area contributed by atoms with E-state index in [4.69, 9.17) is 5.73 Å². The topological polar surface area (TPSA) is 64.7 Å². The van der Waals surface area contributed by atoms with Crippen molar-refractivity contribution in [2.75, 3.05) is 5.73 Å². The number of thiazole rings is 1. The molecule has 0 aliphatic rings. The van der Waals surface area contributed by atoms with E-state index >= 15 is 0 Å². The molecule has 2 aromatic rings. The average Bonchev–Trinajstić information content (AvgIpc) is 2.75. The van der Waals surface area contributed by atoms with Crippen LogP contribution in [0.15, 0.2) is 15.4 Å². The predicted octanol–water partition coefficient (Wildman–Crippen LogP) is 2.51. The highest BCUT2D eigenvalue weighted by Gasteiger charge is 2.10. The summed E-state index contributed by atoms with van der Waals surface area (Å²) in [5, 5.41) is 1.90. The van der Waals surface area contributed by atoms with Gasteiger partial charge < -0.3 is 5.73 Å². The standard InChI is InChI=1S/C9H9BrN4S/c1-2-5-7(10)8(11)14-9(13-5)6-3-15-4-12-6/h3-4H,2H2,1H3,(H2,11,13,14). The van der Waals surface area contributed by atoms with Gasteiger partial charge in [-0.1, -0.05) is 6.92 Å². The van der Waals surface area contributed by atoms with Crippen molar-refractivity contribution >= 4 is 33.1 Å². The zero-order chi connectivity index (χ0) is 10.8. The number of nitrogen functional groups attached to an aromatic ring is 1. The van der Waals surface area contributed by atoms with Crippen LogP contribution in [0.2, 0.25) is 0 Å². The third kappa shape index (κ3) is 2.00. The average molecular weight is 285 g/mol. The van der Waals surface area contributed by atoms with Crippen molar-refractivity contribution in [2.45, 2.75) is 13.3 Å². The summed E-state index contributed by atoms with van der Waals surface area (Å²) in [4.78, 5) is 12.7. The van der Waals surface area contributed by atoms with E-state index in [2.05, 4.69) is 30.9 Å². The summed E-state index contributed by atoms with van der Waals surface area (Å²) >= 11 is 4.88. The molecule has 2 heterocycles.